The lowest BCUT2D eigenvalue weighted by Crippen LogP contribution is -2.34. The number of aliphatic hydroxyl groups excluding tert-OH is 1. The van der Waals surface area contributed by atoms with Gasteiger partial charge in [0.05, 0.1) is 0 Å². The number of nitrogens with one attached hydrogen (secondary N) is 1. The normalized spacial score (nSPS) is 13.9. The minimum Gasteiger partial charge on any atom is -0.450 e. The van der Waals surface area contributed by atoms with Gasteiger partial charge in [-0.3, -0.25) is 0 Å². The number of furan rings is 1. The largest absolute Gasteiger partial charge is 0.450 e. The molecule has 1 heterocycles. The Hall–Kier alpha value is -0.0200. The van der Waals surface area contributed by atoms with E-state index >= 15 is 0 Å². The average molecular weight is 344 g/mol. The van der Waals surface area contributed by atoms with Gasteiger partial charge in [-0.05, 0) is 29.1 Å². The van der Waals surface area contributed by atoms with Gasteiger partial charge in [-0.1, -0.05) is 0 Å². The van der Waals surface area contributed by atoms with Gasteiger partial charge in [0.25, 0.3) is 0 Å². The molecule has 0 spiro atoms. The van der Waals surface area contributed by atoms with E-state index in [1.807, 2.05) is 6.26 Å². The van der Waals surface area contributed by atoms with Crippen LogP contribution >= 0.6 is 27.7 Å². The third-order valence-corrected chi connectivity index (χ3v) is 5.20. The van der Waals surface area contributed by atoms with Crippen LogP contribution in [-0.2, 0) is 16.6 Å². The molecule has 2 N–H and O–H groups in total. The van der Waals surface area contributed by atoms with Gasteiger partial charge in [0.1, 0.15) is 17.3 Å². The first-order valence-corrected chi connectivity index (χ1v) is 8.48. The van der Waals surface area contributed by atoms with Crippen LogP contribution in [0.3, 0.4) is 0 Å². The van der Waals surface area contributed by atoms with Gasteiger partial charge < -0.3 is 9.52 Å². The molecule has 98 valence electrons. The van der Waals surface area contributed by atoms with Crippen molar-refractivity contribution in [1.29, 1.82) is 0 Å². The summed E-state index contributed by atoms with van der Waals surface area (Å²) in [5, 5.41) is 8.87. The lowest BCUT2D eigenvalue weighted by molar-refractivity contribution is 0.245. The van der Waals surface area contributed by atoms with Crippen LogP contribution in [0.25, 0.3) is 0 Å². The number of rotatable bonds is 6. The first-order valence-electron chi connectivity index (χ1n) is 4.81. The molecule has 1 atom stereocenters. The molecule has 0 radical (unpaired) electrons. The standard InChI is InChI=1S/C9H14BrNO4S2/c1-6(5-16-2)11-17(13,14)8-3-7(4-12)15-9(8)10/h3,6,11-12H,4-5H2,1-2H3. The summed E-state index contributed by atoms with van der Waals surface area (Å²) in [4.78, 5) is 0.00880. The first kappa shape index (κ1) is 15.0. The molecule has 0 fully saturated rings. The molecule has 0 bridgehead atoms. The smallest absolute Gasteiger partial charge is 0.245 e. The zero-order chi connectivity index (χ0) is 13.1. The van der Waals surface area contributed by atoms with Crippen LogP contribution in [0, 0.1) is 0 Å². The van der Waals surface area contributed by atoms with E-state index in [-0.39, 0.29) is 28.0 Å². The molecule has 0 aliphatic heterocycles. The molecule has 0 aromatic carbocycles. The zero-order valence-electron chi connectivity index (χ0n) is 9.44. The molecule has 1 aromatic rings. The Balaban J connectivity index is 2.92. The van der Waals surface area contributed by atoms with Gasteiger partial charge in [0.2, 0.25) is 10.0 Å². The number of aliphatic hydroxyl groups is 1. The van der Waals surface area contributed by atoms with Crippen LogP contribution in [0.15, 0.2) is 20.0 Å². The molecule has 0 saturated heterocycles. The fourth-order valence-corrected chi connectivity index (χ4v) is 4.20. The Morgan fingerprint density at radius 2 is 2.29 bits per heavy atom. The lowest BCUT2D eigenvalue weighted by atomic mass is 10.4. The number of halogens is 1. The summed E-state index contributed by atoms with van der Waals surface area (Å²) in [6, 6.07) is 1.13. The summed E-state index contributed by atoms with van der Waals surface area (Å²) in [6.45, 7) is 1.45. The summed E-state index contributed by atoms with van der Waals surface area (Å²) >= 11 is 4.58. The van der Waals surface area contributed by atoms with Crippen molar-refractivity contribution >= 4 is 37.7 Å². The maximum Gasteiger partial charge on any atom is 0.245 e. The van der Waals surface area contributed by atoms with Crippen LogP contribution in [0.5, 0.6) is 0 Å². The molecule has 0 amide bonds. The average Bonchev–Trinajstić information content (AvgIpc) is 2.60. The molecule has 17 heavy (non-hydrogen) atoms. The zero-order valence-corrected chi connectivity index (χ0v) is 12.7. The molecule has 1 aromatic heterocycles. The molecular weight excluding hydrogens is 330 g/mol. The summed E-state index contributed by atoms with van der Waals surface area (Å²) < 4.78 is 31.6. The van der Waals surface area contributed by atoms with Crippen molar-refractivity contribution in [2.24, 2.45) is 0 Å². The van der Waals surface area contributed by atoms with E-state index in [0.29, 0.717) is 5.75 Å². The van der Waals surface area contributed by atoms with E-state index in [1.54, 1.807) is 18.7 Å². The molecule has 1 unspecified atom stereocenters. The van der Waals surface area contributed by atoms with Gasteiger partial charge in [-0.2, -0.15) is 11.8 Å². The molecule has 0 aliphatic rings. The van der Waals surface area contributed by atoms with E-state index in [1.165, 1.54) is 6.07 Å². The van der Waals surface area contributed by atoms with Crippen LogP contribution in [0.1, 0.15) is 12.7 Å². The predicted molar refractivity (Wildman–Crippen MR) is 70.5 cm³/mol. The third-order valence-electron chi connectivity index (χ3n) is 1.92. The Labute approximate surface area is 113 Å². The Morgan fingerprint density at radius 3 is 2.76 bits per heavy atom. The van der Waals surface area contributed by atoms with E-state index < -0.39 is 10.0 Å². The second-order valence-electron chi connectivity index (χ2n) is 3.49. The number of sulfonamides is 1. The van der Waals surface area contributed by atoms with E-state index in [9.17, 15) is 8.42 Å². The molecular formula is C9H14BrNO4S2. The highest BCUT2D eigenvalue weighted by Gasteiger charge is 2.23. The topological polar surface area (TPSA) is 79.5 Å². The Bertz CT molecular complexity index is 471. The maximum absolute atomic E-state index is 12.0. The fraction of sp³-hybridized carbons (Fsp3) is 0.556. The summed E-state index contributed by atoms with van der Waals surface area (Å²) in [5.74, 6) is 0.886. The van der Waals surface area contributed by atoms with Crippen LogP contribution in [0.2, 0.25) is 0 Å². The molecule has 0 aliphatic carbocycles. The molecule has 0 saturated carbocycles. The summed E-state index contributed by atoms with van der Waals surface area (Å²) in [6.07, 6.45) is 1.91. The lowest BCUT2D eigenvalue weighted by Gasteiger charge is -2.11. The van der Waals surface area contributed by atoms with Gasteiger partial charge in [0, 0.05) is 17.9 Å². The van der Waals surface area contributed by atoms with Crippen molar-refractivity contribution in [3.8, 4) is 0 Å². The quantitative estimate of drug-likeness (QED) is 0.819. The Morgan fingerprint density at radius 1 is 1.65 bits per heavy atom. The fourth-order valence-electron chi connectivity index (χ4n) is 1.27. The molecule has 5 nitrogen and oxygen atoms in total. The third kappa shape index (κ3) is 3.99. The van der Waals surface area contributed by atoms with Crippen molar-refractivity contribution in [2.45, 2.75) is 24.5 Å². The first-order chi connectivity index (χ1) is 7.90. The number of thioether (sulfide) groups is 1. The second kappa shape index (κ2) is 6.24. The van der Waals surface area contributed by atoms with E-state index in [4.69, 9.17) is 9.52 Å². The van der Waals surface area contributed by atoms with Crippen molar-refractivity contribution in [3.05, 3.63) is 16.5 Å². The van der Waals surface area contributed by atoms with E-state index in [0.717, 1.165) is 0 Å². The van der Waals surface area contributed by atoms with Gasteiger partial charge in [-0.25, -0.2) is 13.1 Å². The van der Waals surface area contributed by atoms with Gasteiger partial charge in [0.15, 0.2) is 4.67 Å². The van der Waals surface area contributed by atoms with Crippen molar-refractivity contribution in [3.63, 3.8) is 0 Å². The van der Waals surface area contributed by atoms with E-state index in [2.05, 4.69) is 20.7 Å². The van der Waals surface area contributed by atoms with Crippen LogP contribution in [0.4, 0.5) is 0 Å². The highest BCUT2D eigenvalue weighted by Crippen LogP contribution is 2.26. The number of hydrogen-bond acceptors (Lipinski definition) is 5. The van der Waals surface area contributed by atoms with Crippen molar-refractivity contribution < 1.29 is 17.9 Å². The molecule has 8 heteroatoms. The summed E-state index contributed by atoms with van der Waals surface area (Å²) in [5.41, 5.74) is 0. The second-order valence-corrected chi connectivity index (χ2v) is 6.80. The van der Waals surface area contributed by atoms with Crippen LogP contribution < -0.4 is 4.72 Å². The maximum atomic E-state index is 12.0. The van der Waals surface area contributed by atoms with Crippen LogP contribution in [-0.4, -0.2) is 31.6 Å². The minimum absolute atomic E-state index is 0.00880. The van der Waals surface area contributed by atoms with Gasteiger partial charge >= 0.3 is 0 Å². The van der Waals surface area contributed by atoms with Crippen molar-refractivity contribution in [2.75, 3.05) is 12.0 Å². The monoisotopic (exact) mass is 343 g/mol. The number of hydrogen-bond donors (Lipinski definition) is 2. The Kier molecular flexibility index (Phi) is 5.52. The summed E-state index contributed by atoms with van der Waals surface area (Å²) in [7, 11) is -3.62. The van der Waals surface area contributed by atoms with Gasteiger partial charge in [-0.15, -0.1) is 0 Å². The minimum atomic E-state index is -3.62. The SMILES string of the molecule is CSCC(C)NS(=O)(=O)c1cc(CO)oc1Br. The predicted octanol–water partition coefficient (Wildman–Crippen LogP) is 1.56. The molecule has 1 rings (SSSR count). The highest BCUT2D eigenvalue weighted by atomic mass is 79.9. The highest BCUT2D eigenvalue weighted by molar-refractivity contribution is 9.10. The van der Waals surface area contributed by atoms with Crippen molar-refractivity contribution in [1.82, 2.24) is 4.72 Å².